The van der Waals surface area contributed by atoms with Gasteiger partial charge in [-0.25, -0.2) is 0 Å². The highest BCUT2D eigenvalue weighted by Crippen LogP contribution is 2.45. The fourth-order valence-electron chi connectivity index (χ4n) is 4.23. The maximum absolute atomic E-state index is 12.9. The molecule has 0 spiro atoms. The van der Waals surface area contributed by atoms with Crippen LogP contribution in [-0.4, -0.2) is 42.7 Å². The van der Waals surface area contributed by atoms with E-state index in [0.29, 0.717) is 29.2 Å². The second kappa shape index (κ2) is 7.87. The minimum Gasteiger partial charge on any atom is -0.489 e. The molecule has 1 fully saturated rings. The summed E-state index contributed by atoms with van der Waals surface area (Å²) in [5.41, 5.74) is 2.78. The lowest BCUT2D eigenvalue weighted by Gasteiger charge is -2.15. The lowest BCUT2D eigenvalue weighted by molar-refractivity contribution is 0.0948. The molecule has 2 aliphatic rings. The molecule has 4 rings (SSSR count). The van der Waals surface area contributed by atoms with Crippen LogP contribution in [0.5, 0.6) is 5.75 Å². The van der Waals surface area contributed by atoms with Crippen LogP contribution >= 0.6 is 0 Å². The van der Waals surface area contributed by atoms with E-state index in [2.05, 4.69) is 10.6 Å². The first kappa shape index (κ1) is 19.5. The predicted molar refractivity (Wildman–Crippen MR) is 109 cm³/mol. The van der Waals surface area contributed by atoms with Crippen LogP contribution in [0.25, 0.3) is 0 Å². The van der Waals surface area contributed by atoms with Gasteiger partial charge in [-0.3, -0.25) is 9.59 Å². The molecular formula is C23H26N2O4. The first-order chi connectivity index (χ1) is 14.0. The number of aliphatic hydroxyl groups is 1. The van der Waals surface area contributed by atoms with Gasteiger partial charge in [0.15, 0.2) is 0 Å². The summed E-state index contributed by atoms with van der Waals surface area (Å²) in [6, 6.07) is 13.5. The van der Waals surface area contributed by atoms with Gasteiger partial charge in [-0.05, 0) is 43.4 Å². The minimum atomic E-state index is -0.276. The SMILES string of the molecule is CNC(=O)c1cc(C(=O)N[C@H]2C[C@@H]2CCO)cc2c1O[C@H](C)[C@H]2c1ccccc1. The monoisotopic (exact) mass is 394 g/mol. The fourth-order valence-corrected chi connectivity index (χ4v) is 4.23. The maximum atomic E-state index is 12.9. The highest BCUT2D eigenvalue weighted by Gasteiger charge is 2.39. The molecule has 1 aliphatic carbocycles. The Morgan fingerprint density at radius 3 is 2.62 bits per heavy atom. The number of hydrogen-bond acceptors (Lipinski definition) is 4. The van der Waals surface area contributed by atoms with Gasteiger partial charge in [0.2, 0.25) is 0 Å². The summed E-state index contributed by atoms with van der Waals surface area (Å²) in [6.45, 7) is 2.11. The van der Waals surface area contributed by atoms with Crippen LogP contribution in [0, 0.1) is 5.92 Å². The van der Waals surface area contributed by atoms with E-state index in [0.717, 1.165) is 17.5 Å². The van der Waals surface area contributed by atoms with Crippen molar-refractivity contribution in [3.63, 3.8) is 0 Å². The Balaban J connectivity index is 1.70. The summed E-state index contributed by atoms with van der Waals surface area (Å²) in [4.78, 5) is 25.4. The Morgan fingerprint density at radius 2 is 1.93 bits per heavy atom. The Bertz CT molecular complexity index is 928. The van der Waals surface area contributed by atoms with Crippen LogP contribution in [0.15, 0.2) is 42.5 Å². The largest absolute Gasteiger partial charge is 0.489 e. The molecule has 29 heavy (non-hydrogen) atoms. The van der Waals surface area contributed by atoms with E-state index in [9.17, 15) is 9.59 Å². The maximum Gasteiger partial charge on any atom is 0.254 e. The minimum absolute atomic E-state index is 0.0505. The number of nitrogens with one attached hydrogen (secondary N) is 2. The summed E-state index contributed by atoms with van der Waals surface area (Å²) in [5, 5.41) is 14.7. The van der Waals surface area contributed by atoms with Crippen molar-refractivity contribution in [2.24, 2.45) is 5.92 Å². The molecular weight excluding hydrogens is 368 g/mol. The number of benzene rings is 2. The van der Waals surface area contributed by atoms with Crippen molar-refractivity contribution in [2.75, 3.05) is 13.7 Å². The summed E-state index contributed by atoms with van der Waals surface area (Å²) < 4.78 is 6.08. The molecule has 6 heteroatoms. The van der Waals surface area contributed by atoms with E-state index in [-0.39, 0.29) is 36.5 Å². The number of ether oxygens (including phenoxy) is 1. The molecule has 0 saturated heterocycles. The van der Waals surface area contributed by atoms with Crippen molar-refractivity contribution in [1.29, 1.82) is 0 Å². The first-order valence-electron chi connectivity index (χ1n) is 10.1. The zero-order chi connectivity index (χ0) is 20.5. The van der Waals surface area contributed by atoms with Gasteiger partial charge >= 0.3 is 0 Å². The number of rotatable bonds is 6. The van der Waals surface area contributed by atoms with E-state index in [1.54, 1.807) is 13.1 Å². The molecule has 152 valence electrons. The topological polar surface area (TPSA) is 87.7 Å². The Labute approximate surface area is 170 Å². The summed E-state index contributed by atoms with van der Waals surface area (Å²) in [5.74, 6) is 0.352. The highest BCUT2D eigenvalue weighted by molar-refractivity contribution is 6.02. The Kier molecular flexibility index (Phi) is 5.28. The van der Waals surface area contributed by atoms with Crippen LogP contribution in [-0.2, 0) is 0 Å². The summed E-state index contributed by atoms with van der Waals surface area (Å²) in [7, 11) is 1.57. The van der Waals surface area contributed by atoms with Crippen molar-refractivity contribution in [3.05, 3.63) is 64.7 Å². The van der Waals surface area contributed by atoms with Crippen molar-refractivity contribution in [3.8, 4) is 5.75 Å². The second-order valence-electron chi connectivity index (χ2n) is 7.82. The molecule has 6 nitrogen and oxygen atoms in total. The molecule has 2 aromatic carbocycles. The zero-order valence-electron chi connectivity index (χ0n) is 16.6. The lowest BCUT2D eigenvalue weighted by Crippen LogP contribution is -2.28. The molecule has 0 bridgehead atoms. The average molecular weight is 394 g/mol. The van der Waals surface area contributed by atoms with Gasteiger partial charge in [-0.1, -0.05) is 30.3 Å². The third kappa shape index (κ3) is 3.72. The molecule has 0 unspecified atom stereocenters. The molecule has 0 aromatic heterocycles. The Hall–Kier alpha value is -2.86. The van der Waals surface area contributed by atoms with Crippen LogP contribution in [0.1, 0.15) is 57.5 Å². The van der Waals surface area contributed by atoms with Gasteiger partial charge in [0, 0.05) is 36.7 Å². The number of amides is 2. The van der Waals surface area contributed by atoms with Gasteiger partial charge < -0.3 is 20.5 Å². The van der Waals surface area contributed by atoms with Gasteiger partial charge in [0.1, 0.15) is 11.9 Å². The fraction of sp³-hybridized carbons (Fsp3) is 0.391. The first-order valence-corrected chi connectivity index (χ1v) is 10.1. The van der Waals surface area contributed by atoms with E-state index >= 15 is 0 Å². The van der Waals surface area contributed by atoms with Crippen molar-refractivity contribution < 1.29 is 19.4 Å². The molecule has 3 N–H and O–H groups in total. The van der Waals surface area contributed by atoms with Crippen LogP contribution in [0.2, 0.25) is 0 Å². The van der Waals surface area contributed by atoms with E-state index in [1.165, 1.54) is 0 Å². The smallest absolute Gasteiger partial charge is 0.254 e. The normalized spacial score (nSPS) is 24.4. The number of hydrogen-bond donors (Lipinski definition) is 3. The van der Waals surface area contributed by atoms with E-state index in [4.69, 9.17) is 9.84 Å². The average Bonchev–Trinajstić information content (AvgIpc) is 3.36. The predicted octanol–water partition coefficient (Wildman–Crippen LogP) is 2.46. The highest BCUT2D eigenvalue weighted by atomic mass is 16.5. The molecule has 2 aromatic rings. The molecule has 1 aliphatic heterocycles. The van der Waals surface area contributed by atoms with E-state index in [1.807, 2.05) is 43.3 Å². The lowest BCUT2D eigenvalue weighted by atomic mass is 9.87. The summed E-state index contributed by atoms with van der Waals surface area (Å²) in [6.07, 6.45) is 1.43. The Morgan fingerprint density at radius 1 is 1.17 bits per heavy atom. The zero-order valence-corrected chi connectivity index (χ0v) is 16.6. The molecule has 2 amide bonds. The molecule has 0 radical (unpaired) electrons. The third-order valence-electron chi connectivity index (χ3n) is 5.86. The van der Waals surface area contributed by atoms with Gasteiger partial charge in [-0.2, -0.15) is 0 Å². The standard InChI is InChI=1S/C23H26N2O4/c1-13-20(14-6-4-3-5-7-14)17-10-16(11-18(21(17)29-13)23(28)24-2)22(27)25-19-12-15(19)8-9-26/h3-7,10-11,13,15,19-20,26H,8-9,12H2,1-2H3,(H,24,28)(H,25,27)/t13-,15+,19+,20+/m1/s1. The van der Waals surface area contributed by atoms with Crippen molar-refractivity contribution in [1.82, 2.24) is 10.6 Å². The molecule has 4 atom stereocenters. The number of carbonyl (C=O) groups excluding carboxylic acids is 2. The molecule has 1 saturated carbocycles. The second-order valence-corrected chi connectivity index (χ2v) is 7.82. The third-order valence-corrected chi connectivity index (χ3v) is 5.86. The van der Waals surface area contributed by atoms with Gasteiger partial charge in [-0.15, -0.1) is 0 Å². The molecule has 1 heterocycles. The van der Waals surface area contributed by atoms with Crippen LogP contribution in [0.3, 0.4) is 0 Å². The number of fused-ring (bicyclic) bond motifs is 1. The quantitative estimate of drug-likeness (QED) is 0.702. The van der Waals surface area contributed by atoms with Crippen molar-refractivity contribution in [2.45, 2.75) is 37.8 Å². The van der Waals surface area contributed by atoms with Gasteiger partial charge in [0.25, 0.3) is 11.8 Å². The summed E-state index contributed by atoms with van der Waals surface area (Å²) >= 11 is 0. The number of aliphatic hydroxyl groups excluding tert-OH is 1. The van der Waals surface area contributed by atoms with Crippen molar-refractivity contribution >= 4 is 11.8 Å². The van der Waals surface area contributed by atoms with E-state index < -0.39 is 0 Å². The van der Waals surface area contributed by atoms with Crippen LogP contribution < -0.4 is 15.4 Å². The van der Waals surface area contributed by atoms with Gasteiger partial charge in [0.05, 0.1) is 5.56 Å². The number of carbonyl (C=O) groups is 2. The van der Waals surface area contributed by atoms with Crippen LogP contribution in [0.4, 0.5) is 0 Å².